The topological polar surface area (TPSA) is 80.3 Å². The Labute approximate surface area is 176 Å². The second kappa shape index (κ2) is 8.14. The number of aromatic nitrogens is 1. The number of nitrogens with zero attached hydrogens (tertiary/aromatic N) is 1. The molecule has 30 heavy (non-hydrogen) atoms. The minimum absolute atomic E-state index is 0.0862. The molecular formula is C24H25N3O3. The summed E-state index contributed by atoms with van der Waals surface area (Å²) < 4.78 is 5.40. The summed E-state index contributed by atoms with van der Waals surface area (Å²) in [5.74, 6) is 0.543. The summed E-state index contributed by atoms with van der Waals surface area (Å²) in [7, 11) is 1.61. The van der Waals surface area contributed by atoms with Crippen molar-refractivity contribution in [2.45, 2.75) is 39.0 Å². The van der Waals surface area contributed by atoms with Crippen molar-refractivity contribution in [1.29, 1.82) is 0 Å². The number of dihydropyridines is 1. The molecule has 2 aromatic rings. The first-order valence-electron chi connectivity index (χ1n) is 10.1. The van der Waals surface area contributed by atoms with E-state index in [2.05, 4.69) is 15.6 Å². The van der Waals surface area contributed by atoms with Crippen molar-refractivity contribution in [2.24, 2.45) is 0 Å². The minimum atomic E-state index is -0.450. The number of carbonyl (C=O) groups is 2. The van der Waals surface area contributed by atoms with Gasteiger partial charge in [0, 0.05) is 41.1 Å². The lowest BCUT2D eigenvalue weighted by molar-refractivity contribution is -0.116. The molecule has 0 saturated carbocycles. The van der Waals surface area contributed by atoms with Crippen molar-refractivity contribution in [1.82, 2.24) is 10.3 Å². The van der Waals surface area contributed by atoms with Gasteiger partial charge >= 0.3 is 0 Å². The number of allylic oxidation sites excluding steroid dienone is 3. The predicted molar refractivity (Wildman–Crippen MR) is 115 cm³/mol. The second-order valence-electron chi connectivity index (χ2n) is 7.71. The molecule has 1 aromatic heterocycles. The highest BCUT2D eigenvalue weighted by atomic mass is 16.5. The van der Waals surface area contributed by atoms with Gasteiger partial charge in [0.2, 0.25) is 0 Å². The zero-order chi connectivity index (χ0) is 21.3. The zero-order valence-electron chi connectivity index (χ0n) is 17.4. The van der Waals surface area contributed by atoms with E-state index in [1.807, 2.05) is 50.2 Å². The molecule has 0 bridgehead atoms. The third-order valence-electron chi connectivity index (χ3n) is 5.60. The van der Waals surface area contributed by atoms with Crippen molar-refractivity contribution >= 4 is 17.5 Å². The maximum absolute atomic E-state index is 13.4. The van der Waals surface area contributed by atoms with Crippen LogP contribution in [0.5, 0.6) is 5.75 Å². The molecular weight excluding hydrogens is 378 g/mol. The van der Waals surface area contributed by atoms with Gasteiger partial charge in [0.15, 0.2) is 5.78 Å². The van der Waals surface area contributed by atoms with Gasteiger partial charge in [-0.15, -0.1) is 0 Å². The Morgan fingerprint density at radius 1 is 1.20 bits per heavy atom. The van der Waals surface area contributed by atoms with Crippen LogP contribution in [0.1, 0.15) is 43.2 Å². The van der Waals surface area contributed by atoms with Crippen LogP contribution in [0.2, 0.25) is 0 Å². The first-order valence-corrected chi connectivity index (χ1v) is 10.1. The van der Waals surface area contributed by atoms with Crippen LogP contribution in [0.4, 0.5) is 5.82 Å². The number of benzene rings is 1. The number of nitrogens with one attached hydrogen (secondary N) is 2. The highest BCUT2D eigenvalue weighted by Gasteiger charge is 2.38. The number of methoxy groups -OCH3 is 1. The van der Waals surface area contributed by atoms with Crippen LogP contribution in [0, 0.1) is 6.92 Å². The van der Waals surface area contributed by atoms with Gasteiger partial charge in [-0.1, -0.05) is 12.1 Å². The Bertz CT molecular complexity index is 1080. The van der Waals surface area contributed by atoms with E-state index < -0.39 is 5.92 Å². The van der Waals surface area contributed by atoms with Crippen LogP contribution >= 0.6 is 0 Å². The fourth-order valence-corrected chi connectivity index (χ4v) is 4.23. The molecule has 2 N–H and O–H groups in total. The van der Waals surface area contributed by atoms with Gasteiger partial charge in [-0.05, 0) is 62.1 Å². The SMILES string of the molecule is COc1cccc([C@@H]2C(C(=O)Nc3cc(C)ccn3)=C(C)NC3=C2C(=O)CCC3)c1. The largest absolute Gasteiger partial charge is 0.497 e. The number of amides is 1. The van der Waals surface area contributed by atoms with Gasteiger partial charge in [-0.3, -0.25) is 9.59 Å². The standard InChI is InChI=1S/C24H25N3O3/c1-14-10-11-25-20(12-14)27-24(29)21-15(2)26-18-8-5-9-19(28)23(18)22(21)16-6-4-7-17(13-16)30-3/h4,6-7,10-13,22,26H,5,8-9H2,1-3H3,(H,25,27,29)/t22-/m1/s1. The molecule has 0 spiro atoms. The van der Waals surface area contributed by atoms with Crippen LogP contribution in [-0.2, 0) is 9.59 Å². The van der Waals surface area contributed by atoms with Crippen LogP contribution in [-0.4, -0.2) is 23.8 Å². The highest BCUT2D eigenvalue weighted by Crippen LogP contribution is 2.43. The quantitative estimate of drug-likeness (QED) is 0.806. The van der Waals surface area contributed by atoms with E-state index >= 15 is 0 Å². The summed E-state index contributed by atoms with van der Waals surface area (Å²) >= 11 is 0. The van der Waals surface area contributed by atoms with E-state index in [-0.39, 0.29) is 11.7 Å². The van der Waals surface area contributed by atoms with Crippen molar-refractivity contribution in [2.75, 3.05) is 12.4 Å². The van der Waals surface area contributed by atoms with E-state index in [9.17, 15) is 9.59 Å². The molecule has 1 aromatic carbocycles. The number of carbonyl (C=O) groups excluding carboxylic acids is 2. The highest BCUT2D eigenvalue weighted by molar-refractivity contribution is 6.09. The lowest BCUT2D eigenvalue weighted by atomic mass is 9.75. The molecule has 1 aliphatic carbocycles. The molecule has 0 saturated heterocycles. The smallest absolute Gasteiger partial charge is 0.255 e. The first kappa shape index (κ1) is 19.9. The molecule has 1 aliphatic heterocycles. The summed E-state index contributed by atoms with van der Waals surface area (Å²) in [5.41, 5.74) is 4.75. The summed E-state index contributed by atoms with van der Waals surface area (Å²) in [6, 6.07) is 11.3. The van der Waals surface area contributed by atoms with E-state index in [1.54, 1.807) is 13.3 Å². The molecule has 6 nitrogen and oxygen atoms in total. The lowest BCUT2D eigenvalue weighted by Gasteiger charge is -2.34. The Morgan fingerprint density at radius 3 is 2.80 bits per heavy atom. The Kier molecular flexibility index (Phi) is 5.40. The molecule has 2 aliphatic rings. The molecule has 6 heteroatoms. The molecule has 1 amide bonds. The van der Waals surface area contributed by atoms with Crippen molar-refractivity contribution in [3.8, 4) is 5.75 Å². The van der Waals surface area contributed by atoms with Crippen LogP contribution in [0.15, 0.2) is 65.1 Å². The van der Waals surface area contributed by atoms with Crippen molar-refractivity contribution in [3.05, 3.63) is 76.3 Å². The minimum Gasteiger partial charge on any atom is -0.497 e. The van der Waals surface area contributed by atoms with E-state index in [0.29, 0.717) is 29.1 Å². The number of pyridine rings is 1. The lowest BCUT2D eigenvalue weighted by Crippen LogP contribution is -2.35. The molecule has 4 rings (SSSR count). The predicted octanol–water partition coefficient (Wildman–Crippen LogP) is 4.01. The number of hydrogen-bond acceptors (Lipinski definition) is 5. The Morgan fingerprint density at radius 2 is 2.03 bits per heavy atom. The van der Waals surface area contributed by atoms with Gasteiger partial charge < -0.3 is 15.4 Å². The maximum atomic E-state index is 13.4. The van der Waals surface area contributed by atoms with Gasteiger partial charge in [0.25, 0.3) is 5.91 Å². The molecule has 1 atom stereocenters. The number of aryl methyl sites for hydroxylation is 1. The summed E-state index contributed by atoms with van der Waals surface area (Å²) in [4.78, 5) is 30.6. The number of ketones is 1. The summed E-state index contributed by atoms with van der Waals surface area (Å²) in [6.45, 7) is 3.83. The van der Waals surface area contributed by atoms with E-state index in [0.717, 1.165) is 35.4 Å². The number of Topliss-reactive ketones (excluding diaryl/α,β-unsaturated/α-hetero) is 1. The molecule has 2 heterocycles. The fourth-order valence-electron chi connectivity index (χ4n) is 4.23. The Balaban J connectivity index is 1.80. The molecule has 154 valence electrons. The van der Waals surface area contributed by atoms with E-state index in [4.69, 9.17) is 4.74 Å². The van der Waals surface area contributed by atoms with Gasteiger partial charge in [0.1, 0.15) is 11.6 Å². The van der Waals surface area contributed by atoms with Crippen LogP contribution in [0.25, 0.3) is 0 Å². The van der Waals surface area contributed by atoms with E-state index in [1.165, 1.54) is 0 Å². The average Bonchev–Trinajstić information content (AvgIpc) is 2.73. The molecule has 0 unspecified atom stereocenters. The monoisotopic (exact) mass is 403 g/mol. The fraction of sp³-hybridized carbons (Fsp3) is 0.292. The van der Waals surface area contributed by atoms with Gasteiger partial charge in [0.05, 0.1) is 7.11 Å². The first-order chi connectivity index (χ1) is 14.5. The average molecular weight is 403 g/mol. The Hall–Kier alpha value is -3.41. The zero-order valence-corrected chi connectivity index (χ0v) is 17.4. The normalized spacial score (nSPS) is 18.6. The third kappa shape index (κ3) is 3.73. The van der Waals surface area contributed by atoms with Crippen molar-refractivity contribution < 1.29 is 14.3 Å². The third-order valence-corrected chi connectivity index (χ3v) is 5.60. The summed E-state index contributed by atoms with van der Waals surface area (Å²) in [6.07, 6.45) is 3.77. The number of ether oxygens (including phenoxy) is 1. The number of rotatable bonds is 4. The second-order valence-corrected chi connectivity index (χ2v) is 7.71. The number of hydrogen-bond donors (Lipinski definition) is 2. The number of anilines is 1. The van der Waals surface area contributed by atoms with Gasteiger partial charge in [-0.25, -0.2) is 4.98 Å². The molecule has 0 fully saturated rings. The maximum Gasteiger partial charge on any atom is 0.255 e. The molecule has 0 radical (unpaired) electrons. The van der Waals surface area contributed by atoms with Crippen LogP contribution < -0.4 is 15.4 Å². The van der Waals surface area contributed by atoms with Crippen molar-refractivity contribution in [3.63, 3.8) is 0 Å². The summed E-state index contributed by atoms with van der Waals surface area (Å²) in [5, 5.41) is 6.24. The van der Waals surface area contributed by atoms with Gasteiger partial charge in [-0.2, -0.15) is 0 Å². The van der Waals surface area contributed by atoms with Crippen LogP contribution in [0.3, 0.4) is 0 Å².